The lowest BCUT2D eigenvalue weighted by atomic mass is 10.1. The molecule has 0 unspecified atom stereocenters. The van der Waals surface area contributed by atoms with E-state index in [4.69, 9.17) is 0 Å². The minimum Gasteiger partial charge on any atom is -0.353 e. The standard InChI is InChI=1S/C19H21N3OS2/c1-12(2)13(3)22-17(23)10-24-18-15-9-16(14-7-5-4-6-8-14)25-19(15)21-11-20-18/h4-9,11-13H,10H2,1-3H3,(H,22,23)/t13-/m1/s1. The molecule has 0 saturated carbocycles. The highest BCUT2D eigenvalue weighted by atomic mass is 32.2. The molecule has 0 aliphatic rings. The highest BCUT2D eigenvalue weighted by Crippen LogP contribution is 2.35. The van der Waals surface area contributed by atoms with Gasteiger partial charge in [0.25, 0.3) is 0 Å². The first-order valence-corrected chi connectivity index (χ1v) is 10.1. The van der Waals surface area contributed by atoms with Gasteiger partial charge in [-0.05, 0) is 24.5 Å². The molecule has 2 heterocycles. The zero-order chi connectivity index (χ0) is 17.8. The van der Waals surface area contributed by atoms with Crippen molar-refractivity contribution >= 4 is 39.2 Å². The molecule has 2 aromatic heterocycles. The number of amides is 1. The molecule has 0 aliphatic carbocycles. The molecule has 0 radical (unpaired) electrons. The van der Waals surface area contributed by atoms with Crippen molar-refractivity contribution in [2.45, 2.75) is 31.8 Å². The number of fused-ring (bicyclic) bond motifs is 1. The summed E-state index contributed by atoms with van der Waals surface area (Å²) in [7, 11) is 0. The molecule has 6 heteroatoms. The third kappa shape index (κ3) is 4.38. The van der Waals surface area contributed by atoms with Crippen molar-refractivity contribution in [3.63, 3.8) is 0 Å². The molecule has 0 spiro atoms. The minimum atomic E-state index is 0.0384. The van der Waals surface area contributed by atoms with E-state index in [2.05, 4.69) is 47.3 Å². The molecular weight excluding hydrogens is 350 g/mol. The number of carbonyl (C=O) groups is 1. The van der Waals surface area contributed by atoms with Crippen LogP contribution in [0.5, 0.6) is 0 Å². The second-order valence-corrected chi connectivity index (χ2v) is 8.26. The lowest BCUT2D eigenvalue weighted by Crippen LogP contribution is -2.37. The third-order valence-corrected chi connectivity index (χ3v) is 6.18. The maximum atomic E-state index is 12.1. The summed E-state index contributed by atoms with van der Waals surface area (Å²) in [5.41, 5.74) is 1.17. The fourth-order valence-electron chi connectivity index (χ4n) is 2.29. The number of benzene rings is 1. The van der Waals surface area contributed by atoms with Crippen LogP contribution in [0.25, 0.3) is 20.7 Å². The van der Waals surface area contributed by atoms with Crippen molar-refractivity contribution in [1.29, 1.82) is 0 Å². The van der Waals surface area contributed by atoms with E-state index in [0.717, 1.165) is 20.1 Å². The van der Waals surface area contributed by atoms with E-state index in [0.29, 0.717) is 11.7 Å². The number of carbonyl (C=O) groups excluding carboxylic acids is 1. The molecule has 0 aliphatic heterocycles. The van der Waals surface area contributed by atoms with Gasteiger partial charge in [0.2, 0.25) is 5.91 Å². The molecule has 1 aromatic carbocycles. The quantitative estimate of drug-likeness (QED) is 0.508. The molecule has 130 valence electrons. The van der Waals surface area contributed by atoms with E-state index < -0.39 is 0 Å². The first-order chi connectivity index (χ1) is 12.0. The Morgan fingerprint density at radius 3 is 2.68 bits per heavy atom. The summed E-state index contributed by atoms with van der Waals surface area (Å²) in [6.07, 6.45) is 1.57. The number of nitrogens with one attached hydrogen (secondary N) is 1. The van der Waals surface area contributed by atoms with Crippen molar-refractivity contribution < 1.29 is 4.79 Å². The van der Waals surface area contributed by atoms with Gasteiger partial charge in [-0.15, -0.1) is 11.3 Å². The van der Waals surface area contributed by atoms with Gasteiger partial charge >= 0.3 is 0 Å². The van der Waals surface area contributed by atoms with Gasteiger partial charge in [-0.2, -0.15) is 0 Å². The minimum absolute atomic E-state index is 0.0384. The maximum Gasteiger partial charge on any atom is 0.230 e. The van der Waals surface area contributed by atoms with E-state index in [-0.39, 0.29) is 11.9 Å². The summed E-state index contributed by atoms with van der Waals surface area (Å²) in [4.78, 5) is 23.0. The second kappa shape index (κ2) is 7.97. The summed E-state index contributed by atoms with van der Waals surface area (Å²) in [5.74, 6) is 0.821. The van der Waals surface area contributed by atoms with Crippen LogP contribution in [-0.4, -0.2) is 27.7 Å². The number of nitrogens with zero attached hydrogens (tertiary/aromatic N) is 2. The van der Waals surface area contributed by atoms with Gasteiger partial charge < -0.3 is 5.32 Å². The predicted molar refractivity (Wildman–Crippen MR) is 106 cm³/mol. The Morgan fingerprint density at radius 2 is 1.96 bits per heavy atom. The molecule has 1 atom stereocenters. The number of hydrogen-bond donors (Lipinski definition) is 1. The molecule has 1 N–H and O–H groups in total. The van der Waals surface area contributed by atoms with Gasteiger partial charge in [0.1, 0.15) is 16.2 Å². The molecule has 4 nitrogen and oxygen atoms in total. The molecule has 0 fully saturated rings. The highest BCUT2D eigenvalue weighted by molar-refractivity contribution is 8.00. The Morgan fingerprint density at radius 1 is 1.20 bits per heavy atom. The van der Waals surface area contributed by atoms with Gasteiger partial charge in [-0.3, -0.25) is 4.79 Å². The van der Waals surface area contributed by atoms with Crippen LogP contribution in [0.2, 0.25) is 0 Å². The van der Waals surface area contributed by atoms with Gasteiger partial charge in [0.05, 0.1) is 5.75 Å². The first-order valence-electron chi connectivity index (χ1n) is 8.26. The Bertz CT molecular complexity index is 861. The summed E-state index contributed by atoms with van der Waals surface area (Å²) in [6.45, 7) is 6.23. The molecular formula is C19H21N3OS2. The number of thiophene rings is 1. The largest absolute Gasteiger partial charge is 0.353 e. The first kappa shape index (κ1) is 17.9. The predicted octanol–water partition coefficient (Wildman–Crippen LogP) is 4.61. The number of thioether (sulfide) groups is 1. The topological polar surface area (TPSA) is 54.9 Å². The SMILES string of the molecule is CC(C)[C@@H](C)NC(=O)CSc1ncnc2sc(-c3ccccc3)cc12. The van der Waals surface area contributed by atoms with Crippen molar-refractivity contribution in [2.24, 2.45) is 5.92 Å². The van der Waals surface area contributed by atoms with Crippen molar-refractivity contribution in [3.05, 3.63) is 42.7 Å². The van der Waals surface area contributed by atoms with E-state index in [9.17, 15) is 4.79 Å². The third-order valence-electron chi connectivity index (χ3n) is 4.08. The van der Waals surface area contributed by atoms with Gasteiger partial charge in [-0.1, -0.05) is 55.9 Å². The summed E-state index contributed by atoms with van der Waals surface area (Å²) < 4.78 is 0. The summed E-state index contributed by atoms with van der Waals surface area (Å²) >= 11 is 3.11. The second-order valence-electron chi connectivity index (χ2n) is 6.26. The molecule has 3 rings (SSSR count). The Balaban J connectivity index is 1.76. The van der Waals surface area contributed by atoms with Crippen molar-refractivity contribution in [3.8, 4) is 10.4 Å². The Kier molecular flexibility index (Phi) is 5.71. The van der Waals surface area contributed by atoms with Crippen LogP contribution in [0, 0.1) is 5.92 Å². The normalized spacial score (nSPS) is 12.5. The van der Waals surface area contributed by atoms with E-state index in [1.54, 1.807) is 17.7 Å². The summed E-state index contributed by atoms with van der Waals surface area (Å²) in [5, 5.41) is 4.90. The highest BCUT2D eigenvalue weighted by Gasteiger charge is 2.14. The molecule has 3 aromatic rings. The zero-order valence-corrected chi connectivity index (χ0v) is 16.2. The fourth-order valence-corrected chi connectivity index (χ4v) is 4.14. The lowest BCUT2D eigenvalue weighted by molar-refractivity contribution is -0.119. The van der Waals surface area contributed by atoms with Crippen LogP contribution < -0.4 is 5.32 Å². The van der Waals surface area contributed by atoms with Crippen LogP contribution in [-0.2, 0) is 4.79 Å². The number of rotatable bonds is 6. The van der Waals surface area contributed by atoms with Crippen LogP contribution in [0.4, 0.5) is 0 Å². The van der Waals surface area contributed by atoms with E-state index >= 15 is 0 Å². The Labute approximate surface area is 156 Å². The van der Waals surface area contributed by atoms with Crippen LogP contribution in [0.15, 0.2) is 47.8 Å². The lowest BCUT2D eigenvalue weighted by Gasteiger charge is -2.17. The number of hydrogen-bond acceptors (Lipinski definition) is 5. The van der Waals surface area contributed by atoms with Gasteiger partial charge in [-0.25, -0.2) is 9.97 Å². The van der Waals surface area contributed by atoms with Crippen LogP contribution in [0.1, 0.15) is 20.8 Å². The van der Waals surface area contributed by atoms with Gasteiger partial charge in [0.15, 0.2) is 0 Å². The maximum absolute atomic E-state index is 12.1. The molecule has 0 bridgehead atoms. The molecule has 0 saturated heterocycles. The number of aromatic nitrogens is 2. The van der Waals surface area contributed by atoms with Crippen molar-refractivity contribution in [2.75, 3.05) is 5.75 Å². The van der Waals surface area contributed by atoms with Gasteiger partial charge in [0, 0.05) is 16.3 Å². The average molecular weight is 372 g/mol. The Hall–Kier alpha value is -1.92. The van der Waals surface area contributed by atoms with Crippen LogP contribution >= 0.6 is 23.1 Å². The average Bonchev–Trinajstić information content (AvgIpc) is 3.05. The monoisotopic (exact) mass is 371 g/mol. The smallest absolute Gasteiger partial charge is 0.230 e. The van der Waals surface area contributed by atoms with E-state index in [1.165, 1.54) is 17.3 Å². The van der Waals surface area contributed by atoms with Crippen LogP contribution in [0.3, 0.4) is 0 Å². The van der Waals surface area contributed by atoms with E-state index in [1.807, 2.05) is 25.1 Å². The summed E-state index contributed by atoms with van der Waals surface area (Å²) in [6, 6.07) is 12.5. The fraction of sp³-hybridized carbons (Fsp3) is 0.316. The molecule has 1 amide bonds. The zero-order valence-electron chi connectivity index (χ0n) is 14.5. The molecule has 25 heavy (non-hydrogen) atoms. The van der Waals surface area contributed by atoms with Crippen molar-refractivity contribution in [1.82, 2.24) is 15.3 Å².